The van der Waals surface area contributed by atoms with Gasteiger partial charge in [-0.3, -0.25) is 4.98 Å². The molecule has 0 radical (unpaired) electrons. The fraction of sp³-hybridized carbons (Fsp3) is 0.520. The molecule has 1 heterocycles. The molecule has 3 unspecified atom stereocenters. The SMILES string of the molecule is Oc1ccc(CNCCCCCCC2CC3C=CC2CC3)c2cccnc12.[CH3-].[Zn]. The minimum Gasteiger partial charge on any atom is -0.506 e. The van der Waals surface area contributed by atoms with Crippen molar-refractivity contribution in [3.05, 3.63) is 55.6 Å². The molecule has 2 N–H and O–H groups in total. The van der Waals surface area contributed by atoms with E-state index >= 15 is 0 Å². The molecule has 1 aromatic heterocycles. The quantitative estimate of drug-likeness (QED) is 0.215. The first-order chi connectivity index (χ1) is 13.3. The Bertz CT molecular complexity index is 791. The monoisotopic (exact) mass is 443 g/mol. The Balaban J connectivity index is 0.00000150. The molecule has 0 saturated heterocycles. The van der Waals surface area contributed by atoms with Crippen molar-refractivity contribution < 1.29 is 24.6 Å². The van der Waals surface area contributed by atoms with E-state index in [9.17, 15) is 5.11 Å². The number of allylic oxidation sites excluding steroid dienone is 2. The van der Waals surface area contributed by atoms with Crippen molar-refractivity contribution in [1.82, 2.24) is 10.3 Å². The maximum absolute atomic E-state index is 9.93. The van der Waals surface area contributed by atoms with Crippen LogP contribution in [0.15, 0.2) is 42.6 Å². The first kappa shape index (κ1) is 24.0. The van der Waals surface area contributed by atoms with Crippen molar-refractivity contribution in [2.75, 3.05) is 6.54 Å². The number of hydrogen-bond acceptors (Lipinski definition) is 3. The summed E-state index contributed by atoms with van der Waals surface area (Å²) in [6, 6.07) is 7.71. The molecule has 29 heavy (non-hydrogen) atoms. The largest absolute Gasteiger partial charge is 0.506 e. The first-order valence-electron chi connectivity index (χ1n) is 10.8. The molecule has 154 valence electrons. The number of phenolic OH excluding ortho intramolecular Hbond substituents is 1. The topological polar surface area (TPSA) is 45.1 Å². The molecule has 1 saturated carbocycles. The minimum absolute atomic E-state index is 0. The van der Waals surface area contributed by atoms with Gasteiger partial charge in [-0.2, -0.15) is 0 Å². The van der Waals surface area contributed by atoms with Gasteiger partial charge in [0.2, 0.25) is 0 Å². The van der Waals surface area contributed by atoms with E-state index in [-0.39, 0.29) is 32.7 Å². The Labute approximate surface area is 189 Å². The number of aromatic nitrogens is 1. The van der Waals surface area contributed by atoms with Crippen LogP contribution in [0.4, 0.5) is 0 Å². The van der Waals surface area contributed by atoms with Gasteiger partial charge in [0.05, 0.1) is 0 Å². The molecule has 4 heteroatoms. The maximum atomic E-state index is 9.93. The number of hydrogen-bond donors (Lipinski definition) is 2. The van der Waals surface area contributed by atoms with Crippen molar-refractivity contribution in [1.29, 1.82) is 0 Å². The van der Waals surface area contributed by atoms with E-state index in [4.69, 9.17) is 0 Å². The number of pyridine rings is 1. The minimum atomic E-state index is 0. The Morgan fingerprint density at radius 2 is 1.90 bits per heavy atom. The standard InChI is InChI=1S/C24H32N2O.CH3.Zn/c27-23-13-12-21(22-7-5-15-26-24(22)23)17-25-14-4-2-1-3-6-20-16-18-8-10-19(20)11-9-18;;/h5,7-8,10,12-13,15,18-20,25,27H,1-4,6,9,11,14,16-17H2;1H3;/q;-1;. The summed E-state index contributed by atoms with van der Waals surface area (Å²) in [6.45, 7) is 1.89. The number of fused-ring (bicyclic) bond motifs is 3. The maximum Gasteiger partial charge on any atom is 0.141 e. The molecule has 0 aliphatic heterocycles. The van der Waals surface area contributed by atoms with Crippen LogP contribution in [0.2, 0.25) is 0 Å². The normalized spacial score (nSPS) is 22.3. The number of nitrogens with one attached hydrogen (secondary N) is 1. The zero-order chi connectivity index (χ0) is 18.5. The number of aromatic hydroxyl groups is 1. The molecule has 0 amide bonds. The van der Waals surface area contributed by atoms with E-state index in [0.717, 1.165) is 36.2 Å². The summed E-state index contributed by atoms with van der Waals surface area (Å²) in [7, 11) is 0. The van der Waals surface area contributed by atoms with Gasteiger partial charge in [-0.15, -0.1) is 0 Å². The molecule has 1 fully saturated rings. The van der Waals surface area contributed by atoms with Crippen molar-refractivity contribution in [3.8, 4) is 5.75 Å². The van der Waals surface area contributed by atoms with Gasteiger partial charge in [0.15, 0.2) is 0 Å². The summed E-state index contributed by atoms with van der Waals surface area (Å²) in [5.41, 5.74) is 1.90. The van der Waals surface area contributed by atoms with E-state index in [1.54, 1.807) is 12.3 Å². The summed E-state index contributed by atoms with van der Waals surface area (Å²) in [5.74, 6) is 3.03. The second kappa shape index (κ2) is 11.8. The van der Waals surface area contributed by atoms with E-state index < -0.39 is 0 Å². The average molecular weight is 445 g/mol. The zero-order valence-corrected chi connectivity index (χ0v) is 20.9. The molecule has 1 aromatic carbocycles. The molecular formula is C25H35N2OZn-. The number of benzene rings is 1. The van der Waals surface area contributed by atoms with Gasteiger partial charge in [0.25, 0.3) is 0 Å². The van der Waals surface area contributed by atoms with Gasteiger partial charge in [-0.05, 0) is 74.1 Å². The van der Waals surface area contributed by atoms with Crippen LogP contribution in [0.25, 0.3) is 10.9 Å². The van der Waals surface area contributed by atoms with Gasteiger partial charge in [-0.1, -0.05) is 43.5 Å². The van der Waals surface area contributed by atoms with E-state index in [0.29, 0.717) is 5.52 Å². The van der Waals surface area contributed by atoms with E-state index in [1.165, 1.54) is 56.9 Å². The van der Waals surface area contributed by atoms with Crippen LogP contribution in [-0.2, 0) is 26.0 Å². The average Bonchev–Trinajstić information content (AvgIpc) is 2.72. The van der Waals surface area contributed by atoms with Crippen LogP contribution in [0.5, 0.6) is 5.75 Å². The molecule has 3 atom stereocenters. The zero-order valence-electron chi connectivity index (χ0n) is 17.9. The van der Waals surface area contributed by atoms with Gasteiger partial charge in [0.1, 0.15) is 11.3 Å². The van der Waals surface area contributed by atoms with Crippen LogP contribution >= 0.6 is 0 Å². The van der Waals surface area contributed by atoms with Gasteiger partial charge >= 0.3 is 0 Å². The van der Waals surface area contributed by atoms with Crippen LogP contribution in [-0.4, -0.2) is 16.6 Å². The molecule has 3 nitrogen and oxygen atoms in total. The summed E-state index contributed by atoms with van der Waals surface area (Å²) in [6.07, 6.45) is 17.8. The molecular weight excluding hydrogens is 410 g/mol. The number of rotatable bonds is 9. The third kappa shape index (κ3) is 6.12. The van der Waals surface area contributed by atoms with Crippen LogP contribution in [0.1, 0.15) is 56.9 Å². The predicted octanol–water partition coefficient (Wildman–Crippen LogP) is 6.03. The van der Waals surface area contributed by atoms with Crippen molar-refractivity contribution in [3.63, 3.8) is 0 Å². The third-order valence-corrected chi connectivity index (χ3v) is 6.54. The number of unbranched alkanes of at least 4 members (excludes halogenated alkanes) is 3. The summed E-state index contributed by atoms with van der Waals surface area (Å²) in [4.78, 5) is 4.29. The fourth-order valence-electron chi connectivity index (χ4n) is 4.99. The molecule has 3 aliphatic carbocycles. The predicted molar refractivity (Wildman–Crippen MR) is 118 cm³/mol. The Morgan fingerprint density at radius 1 is 1.03 bits per heavy atom. The third-order valence-electron chi connectivity index (χ3n) is 6.54. The molecule has 0 spiro atoms. The summed E-state index contributed by atoms with van der Waals surface area (Å²) in [5, 5.41) is 14.5. The van der Waals surface area contributed by atoms with Crippen molar-refractivity contribution in [2.45, 2.75) is 57.9 Å². The smallest absolute Gasteiger partial charge is 0.141 e. The second-order valence-corrected chi connectivity index (χ2v) is 8.41. The van der Waals surface area contributed by atoms with Crippen LogP contribution in [0.3, 0.4) is 0 Å². The van der Waals surface area contributed by atoms with Gasteiger partial charge in [0, 0.05) is 37.6 Å². The van der Waals surface area contributed by atoms with Crippen molar-refractivity contribution >= 4 is 10.9 Å². The van der Waals surface area contributed by atoms with Crippen LogP contribution < -0.4 is 5.32 Å². The first-order valence-corrected chi connectivity index (χ1v) is 10.8. The van der Waals surface area contributed by atoms with Gasteiger partial charge < -0.3 is 17.8 Å². The van der Waals surface area contributed by atoms with E-state index in [1.807, 2.05) is 18.2 Å². The van der Waals surface area contributed by atoms with E-state index in [2.05, 4.69) is 22.5 Å². The van der Waals surface area contributed by atoms with Gasteiger partial charge in [-0.25, -0.2) is 0 Å². The Morgan fingerprint density at radius 3 is 2.66 bits per heavy atom. The molecule has 2 aromatic rings. The second-order valence-electron chi connectivity index (χ2n) is 8.41. The summed E-state index contributed by atoms with van der Waals surface area (Å²) >= 11 is 0. The number of nitrogens with zero attached hydrogens (tertiary/aromatic N) is 1. The van der Waals surface area contributed by atoms with Crippen LogP contribution in [0, 0.1) is 25.2 Å². The Hall–Kier alpha value is -1.25. The molecule has 5 rings (SSSR count). The molecule has 2 bridgehead atoms. The number of phenols is 1. The fourth-order valence-corrected chi connectivity index (χ4v) is 4.99. The Kier molecular flexibility index (Phi) is 9.79. The molecule has 3 aliphatic rings. The van der Waals surface area contributed by atoms with Crippen molar-refractivity contribution in [2.24, 2.45) is 17.8 Å². The summed E-state index contributed by atoms with van der Waals surface area (Å²) < 4.78 is 0.